The highest BCUT2D eigenvalue weighted by Crippen LogP contribution is 2.23. The fourth-order valence-electron chi connectivity index (χ4n) is 1.24. The first-order valence-electron chi connectivity index (χ1n) is 4.40. The number of rotatable bonds is 1. The van der Waals surface area contributed by atoms with E-state index >= 15 is 0 Å². The van der Waals surface area contributed by atoms with E-state index in [4.69, 9.17) is 0 Å². The lowest BCUT2D eigenvalue weighted by molar-refractivity contribution is -0.115. The SMILES string of the molecule is CN(C1=NC(=O)CS1)c1ccc(Br)cc1. The van der Waals surface area contributed by atoms with E-state index in [1.54, 1.807) is 0 Å². The topological polar surface area (TPSA) is 32.7 Å². The van der Waals surface area contributed by atoms with Gasteiger partial charge in [-0.2, -0.15) is 4.99 Å². The zero-order valence-electron chi connectivity index (χ0n) is 8.11. The first-order chi connectivity index (χ1) is 7.16. The number of anilines is 1. The van der Waals surface area contributed by atoms with Crippen LogP contribution in [0.3, 0.4) is 0 Å². The van der Waals surface area contributed by atoms with Gasteiger partial charge in [0.1, 0.15) is 0 Å². The number of aliphatic imine (C=N–C) groups is 1. The number of carbonyl (C=O) groups excluding carboxylic acids is 1. The van der Waals surface area contributed by atoms with E-state index in [1.165, 1.54) is 11.8 Å². The third kappa shape index (κ3) is 2.41. The van der Waals surface area contributed by atoms with Crippen LogP contribution in [0.4, 0.5) is 5.69 Å². The molecule has 0 atom stereocenters. The van der Waals surface area contributed by atoms with E-state index in [2.05, 4.69) is 20.9 Å². The molecule has 0 radical (unpaired) electrons. The summed E-state index contributed by atoms with van der Waals surface area (Å²) in [5.41, 5.74) is 1.03. The summed E-state index contributed by atoms with van der Waals surface area (Å²) in [4.78, 5) is 16.9. The maximum absolute atomic E-state index is 11.0. The van der Waals surface area contributed by atoms with Crippen molar-refractivity contribution in [1.82, 2.24) is 0 Å². The van der Waals surface area contributed by atoms with E-state index in [0.717, 1.165) is 15.3 Å². The van der Waals surface area contributed by atoms with Crippen LogP contribution in [-0.2, 0) is 4.79 Å². The summed E-state index contributed by atoms with van der Waals surface area (Å²) in [5, 5.41) is 0.766. The van der Waals surface area contributed by atoms with E-state index in [-0.39, 0.29) is 5.91 Å². The van der Waals surface area contributed by atoms with E-state index in [1.807, 2.05) is 36.2 Å². The van der Waals surface area contributed by atoms with Gasteiger partial charge in [-0.15, -0.1) is 0 Å². The fourth-order valence-corrected chi connectivity index (χ4v) is 2.29. The Hall–Kier alpha value is -0.810. The second-order valence-corrected chi connectivity index (χ2v) is 4.97. The smallest absolute Gasteiger partial charge is 0.258 e. The normalized spacial score (nSPS) is 15.3. The number of nitrogens with zero attached hydrogens (tertiary/aromatic N) is 2. The third-order valence-corrected chi connectivity index (χ3v) is 3.59. The number of carbonyl (C=O) groups is 1. The van der Waals surface area contributed by atoms with Gasteiger partial charge >= 0.3 is 0 Å². The molecule has 0 aliphatic carbocycles. The van der Waals surface area contributed by atoms with Crippen molar-refractivity contribution in [2.24, 2.45) is 4.99 Å². The van der Waals surface area contributed by atoms with E-state index in [0.29, 0.717) is 5.75 Å². The number of benzene rings is 1. The maximum Gasteiger partial charge on any atom is 0.258 e. The molecule has 0 saturated carbocycles. The van der Waals surface area contributed by atoms with Crippen molar-refractivity contribution in [3.05, 3.63) is 28.7 Å². The molecule has 0 aromatic heterocycles. The van der Waals surface area contributed by atoms with Gasteiger partial charge in [-0.1, -0.05) is 27.7 Å². The summed E-state index contributed by atoms with van der Waals surface area (Å²) in [6, 6.07) is 7.90. The molecule has 0 saturated heterocycles. The van der Waals surface area contributed by atoms with Crippen LogP contribution in [0.5, 0.6) is 0 Å². The molecule has 3 nitrogen and oxygen atoms in total. The molecule has 1 aliphatic heterocycles. The number of hydrogen-bond donors (Lipinski definition) is 0. The van der Waals surface area contributed by atoms with Gasteiger partial charge in [-0.3, -0.25) is 4.79 Å². The lowest BCUT2D eigenvalue weighted by Crippen LogP contribution is -2.21. The molecular weight excluding hydrogens is 276 g/mol. The summed E-state index contributed by atoms with van der Waals surface area (Å²) in [5.74, 6) is 0.398. The Kier molecular flexibility index (Phi) is 3.11. The Morgan fingerprint density at radius 1 is 1.40 bits per heavy atom. The van der Waals surface area contributed by atoms with Gasteiger partial charge in [-0.25, -0.2) is 0 Å². The van der Waals surface area contributed by atoms with Crippen molar-refractivity contribution in [3.8, 4) is 0 Å². The number of amidine groups is 1. The predicted octanol–water partition coefficient (Wildman–Crippen LogP) is 2.51. The van der Waals surface area contributed by atoms with Crippen LogP contribution in [0.25, 0.3) is 0 Å². The molecule has 0 bridgehead atoms. The molecule has 1 amide bonds. The molecule has 0 N–H and O–H groups in total. The van der Waals surface area contributed by atoms with Crippen LogP contribution in [0, 0.1) is 0 Å². The van der Waals surface area contributed by atoms with Crippen molar-refractivity contribution < 1.29 is 4.79 Å². The molecule has 78 valence electrons. The highest BCUT2D eigenvalue weighted by atomic mass is 79.9. The van der Waals surface area contributed by atoms with Gasteiger partial charge in [0.25, 0.3) is 5.91 Å². The molecule has 1 aromatic rings. The lowest BCUT2D eigenvalue weighted by Gasteiger charge is -2.17. The zero-order chi connectivity index (χ0) is 10.8. The van der Waals surface area contributed by atoms with Crippen LogP contribution < -0.4 is 4.90 Å². The first kappa shape index (κ1) is 10.7. The van der Waals surface area contributed by atoms with Crippen LogP contribution in [0.15, 0.2) is 33.7 Å². The molecule has 1 aliphatic rings. The van der Waals surface area contributed by atoms with Gasteiger partial charge in [0.2, 0.25) is 0 Å². The number of thioether (sulfide) groups is 1. The minimum atomic E-state index is -0.0565. The molecule has 0 spiro atoms. The van der Waals surface area contributed by atoms with Crippen LogP contribution in [0.2, 0.25) is 0 Å². The second-order valence-electron chi connectivity index (χ2n) is 3.11. The zero-order valence-corrected chi connectivity index (χ0v) is 10.5. The Morgan fingerprint density at radius 3 is 2.60 bits per heavy atom. The number of halogens is 1. The van der Waals surface area contributed by atoms with Gasteiger partial charge in [0.15, 0.2) is 5.17 Å². The number of hydrogen-bond acceptors (Lipinski definition) is 3. The minimum absolute atomic E-state index is 0.0565. The van der Waals surface area contributed by atoms with Crippen LogP contribution in [0.1, 0.15) is 0 Å². The summed E-state index contributed by atoms with van der Waals surface area (Å²) in [6.07, 6.45) is 0. The maximum atomic E-state index is 11.0. The average Bonchev–Trinajstić information content (AvgIpc) is 2.65. The second kappa shape index (κ2) is 4.37. The largest absolute Gasteiger partial charge is 0.324 e. The minimum Gasteiger partial charge on any atom is -0.324 e. The average molecular weight is 285 g/mol. The van der Waals surface area contributed by atoms with Gasteiger partial charge in [-0.05, 0) is 24.3 Å². The number of amides is 1. The molecule has 0 fully saturated rings. The molecule has 1 heterocycles. The van der Waals surface area contributed by atoms with Crippen molar-refractivity contribution in [2.45, 2.75) is 0 Å². The molecule has 0 unspecified atom stereocenters. The van der Waals surface area contributed by atoms with Crippen molar-refractivity contribution in [1.29, 1.82) is 0 Å². The van der Waals surface area contributed by atoms with Crippen molar-refractivity contribution in [2.75, 3.05) is 17.7 Å². The van der Waals surface area contributed by atoms with E-state index < -0.39 is 0 Å². The van der Waals surface area contributed by atoms with Gasteiger partial charge in [0, 0.05) is 17.2 Å². The Bertz CT molecular complexity index is 416. The standard InChI is InChI=1S/C10H9BrN2OS/c1-13(10-12-9(14)6-15-10)8-4-2-7(11)3-5-8/h2-5H,6H2,1H3. The summed E-state index contributed by atoms with van der Waals surface area (Å²) >= 11 is 4.85. The molecule has 5 heteroatoms. The van der Waals surface area contributed by atoms with Gasteiger partial charge in [0.05, 0.1) is 5.75 Å². The Balaban J connectivity index is 2.21. The predicted molar refractivity (Wildman–Crippen MR) is 67.4 cm³/mol. The fraction of sp³-hybridized carbons (Fsp3) is 0.200. The summed E-state index contributed by atoms with van der Waals surface area (Å²) in [7, 11) is 1.91. The third-order valence-electron chi connectivity index (χ3n) is 2.05. The highest BCUT2D eigenvalue weighted by molar-refractivity contribution is 9.10. The van der Waals surface area contributed by atoms with Crippen LogP contribution in [-0.4, -0.2) is 23.9 Å². The molecule has 15 heavy (non-hydrogen) atoms. The summed E-state index contributed by atoms with van der Waals surface area (Å²) < 4.78 is 1.04. The molecule has 2 rings (SSSR count). The Morgan fingerprint density at radius 2 is 2.07 bits per heavy atom. The summed E-state index contributed by atoms with van der Waals surface area (Å²) in [6.45, 7) is 0. The monoisotopic (exact) mass is 284 g/mol. The molecule has 1 aromatic carbocycles. The van der Waals surface area contributed by atoms with Crippen LogP contribution >= 0.6 is 27.7 Å². The van der Waals surface area contributed by atoms with Gasteiger partial charge < -0.3 is 4.90 Å². The quantitative estimate of drug-likeness (QED) is 0.794. The Labute approximate surface area is 101 Å². The van der Waals surface area contributed by atoms with Crippen molar-refractivity contribution >= 4 is 44.5 Å². The first-order valence-corrected chi connectivity index (χ1v) is 6.18. The molecular formula is C10H9BrN2OS. The van der Waals surface area contributed by atoms with E-state index in [9.17, 15) is 4.79 Å². The lowest BCUT2D eigenvalue weighted by atomic mass is 10.3. The van der Waals surface area contributed by atoms with Crippen molar-refractivity contribution in [3.63, 3.8) is 0 Å². The highest BCUT2D eigenvalue weighted by Gasteiger charge is 2.18.